The molecule has 1 aromatic heterocycles. The molecule has 2 bridgehead atoms. The van der Waals surface area contributed by atoms with Crippen LogP contribution in [0.4, 0.5) is 29.7 Å². The SMILES string of the molecule is CC(C)[C@H](NC(=O)CCOCCOCCOCCOCCNC(=O)c1ccc2c(c1)Oc1cc(Cl)c(F)c(c1)[C@H]1[C@@H](N[C@@H](CC(C)(C)C)[C@]1(C)c1ccc(Cl)cc1F)C(=O)N2)C(=O)N[C@@H](C)C(=O)Nc1ccc(COC(=O)N2CCN(C(=O)O[C@H]3CC[C@@]4(C)[C@H](CC[C@@H]5[C@@H]4[C@H](O)C(=O)[C@]4(C)[C@@H](c6ccc(=O)oc6)CC[C@]54O)C3)CC2)cc1. The predicted molar refractivity (Wildman–Crippen MR) is 429 cm³/mol. The number of halogens is 4. The normalized spacial score (nSPS) is 27.2. The van der Waals surface area contributed by atoms with E-state index in [0.29, 0.717) is 61.8 Å². The number of anilines is 2. The highest BCUT2D eigenvalue weighted by Crippen LogP contribution is 2.70. The molecule has 5 aromatic rings. The molecule has 634 valence electrons. The van der Waals surface area contributed by atoms with Crippen molar-refractivity contribution < 1.29 is 94.9 Å². The lowest BCUT2D eigenvalue weighted by Crippen LogP contribution is -2.70. The number of fused-ring (bicyclic) bond motifs is 10. The maximum absolute atomic E-state index is 16.5. The molecular formula is C86H108Cl2F2N8O19. The Morgan fingerprint density at radius 2 is 1.43 bits per heavy atom. The fraction of sp³-hybridized carbons (Fsp3) is 0.570. The topological polar surface area (TPSA) is 350 Å². The molecule has 31 heteroatoms. The zero-order valence-corrected chi connectivity index (χ0v) is 69.1. The van der Waals surface area contributed by atoms with E-state index in [1.54, 1.807) is 68.1 Å². The molecule has 27 nitrogen and oxygen atoms in total. The Balaban J connectivity index is 0.486. The van der Waals surface area contributed by atoms with Crippen molar-refractivity contribution in [3.05, 3.63) is 151 Å². The largest absolute Gasteiger partial charge is 0.455 e. The number of carbonyl (C=O) groups excluding carboxylic acids is 8. The summed E-state index contributed by atoms with van der Waals surface area (Å²) in [6, 6.07) is 17.8. The van der Waals surface area contributed by atoms with Crippen molar-refractivity contribution in [2.75, 3.05) is 96.2 Å². The van der Waals surface area contributed by atoms with E-state index in [0.717, 1.165) is 6.42 Å². The van der Waals surface area contributed by atoms with Gasteiger partial charge >= 0.3 is 17.8 Å². The van der Waals surface area contributed by atoms with Gasteiger partial charge in [-0.1, -0.05) is 89.9 Å². The molecule has 12 rings (SSSR count). The first-order valence-corrected chi connectivity index (χ1v) is 41.2. The molecule has 15 atom stereocenters. The number of aliphatic hydroxyl groups is 2. The van der Waals surface area contributed by atoms with E-state index in [1.165, 1.54) is 60.6 Å². The third-order valence-electron chi connectivity index (χ3n) is 25.4. The molecule has 0 unspecified atom stereocenters. The number of nitrogens with one attached hydrogen (secondary N) is 6. The highest BCUT2D eigenvalue weighted by molar-refractivity contribution is 6.31. The lowest BCUT2D eigenvalue weighted by molar-refractivity contribution is -0.228. The maximum atomic E-state index is 16.5. The average Bonchev–Trinajstić information content (AvgIpc) is 1.56. The number of hydrogen-bond acceptors (Lipinski definition) is 20. The van der Waals surface area contributed by atoms with Crippen LogP contribution in [0.2, 0.25) is 10.0 Å². The summed E-state index contributed by atoms with van der Waals surface area (Å²) >= 11 is 12.8. The summed E-state index contributed by atoms with van der Waals surface area (Å²) in [5.41, 5.74) is -2.64. The molecule has 0 radical (unpaired) electrons. The number of carbonyl (C=O) groups is 8. The van der Waals surface area contributed by atoms with E-state index >= 15 is 8.78 Å². The van der Waals surface area contributed by atoms with Crippen LogP contribution in [0.1, 0.15) is 165 Å². The summed E-state index contributed by atoms with van der Waals surface area (Å²) in [7, 11) is 0. The van der Waals surface area contributed by atoms with E-state index in [9.17, 15) is 53.4 Å². The van der Waals surface area contributed by atoms with Crippen LogP contribution in [0.3, 0.4) is 0 Å². The molecular weight excluding hydrogens is 1560 g/mol. The first kappa shape index (κ1) is 87.7. The number of ketones is 1. The molecule has 2 saturated heterocycles. The van der Waals surface area contributed by atoms with Crippen LogP contribution >= 0.6 is 23.2 Å². The van der Waals surface area contributed by atoms with Gasteiger partial charge in [0.15, 0.2) is 11.5 Å². The number of amides is 7. The summed E-state index contributed by atoms with van der Waals surface area (Å²) in [6.07, 6.45) is 3.04. The van der Waals surface area contributed by atoms with Crippen LogP contribution in [0.15, 0.2) is 100 Å². The molecule has 8 N–H and O–H groups in total. The molecule has 6 fully saturated rings. The van der Waals surface area contributed by atoms with Gasteiger partial charge in [-0.2, -0.15) is 0 Å². The first-order chi connectivity index (χ1) is 55.6. The minimum absolute atomic E-state index is 0.0368. The number of benzene rings is 4. The number of rotatable bonds is 28. The van der Waals surface area contributed by atoms with Gasteiger partial charge in [0.2, 0.25) is 23.6 Å². The average molecular weight is 1670 g/mol. The molecule has 0 spiro atoms. The second kappa shape index (κ2) is 36.9. The van der Waals surface area contributed by atoms with Crippen molar-refractivity contribution in [1.29, 1.82) is 0 Å². The van der Waals surface area contributed by atoms with E-state index in [4.69, 9.17) is 60.8 Å². The highest BCUT2D eigenvalue weighted by Gasteiger charge is 2.74. The van der Waals surface area contributed by atoms with Crippen LogP contribution in [0, 0.1) is 51.6 Å². The van der Waals surface area contributed by atoms with Gasteiger partial charge in [0, 0.05) is 96.8 Å². The number of hydrogen-bond donors (Lipinski definition) is 8. The van der Waals surface area contributed by atoms with E-state index < -0.39 is 129 Å². The fourth-order valence-electron chi connectivity index (χ4n) is 19.1. The van der Waals surface area contributed by atoms with Crippen LogP contribution in [0.5, 0.6) is 11.5 Å². The quantitative estimate of drug-likeness (QED) is 0.0216. The van der Waals surface area contributed by atoms with Gasteiger partial charge in [0.25, 0.3) is 5.91 Å². The molecule has 7 amide bonds. The summed E-state index contributed by atoms with van der Waals surface area (Å²) in [6.45, 7) is 19.5. The van der Waals surface area contributed by atoms with E-state index in [-0.39, 0.29) is 178 Å². The number of ether oxygens (including phenoxy) is 7. The summed E-state index contributed by atoms with van der Waals surface area (Å²) in [5, 5.41) is 41.9. The van der Waals surface area contributed by atoms with Crippen molar-refractivity contribution in [2.45, 2.75) is 186 Å². The Hall–Kier alpha value is -8.65. The standard InChI is InChI=1S/C86H108Cl2F2N8O19/c1-48(2)72(96-67(99)24-32-110-34-36-112-38-39-113-37-35-111-33-27-91-77(104)51-12-20-64-65(40-51)116-57-43-58(71(90)62(88)44-57)69-73(79(106)94-64)95-66(45-82(4,5)6)84(69,8)60-19-15-54(87)42-63(60)89)78(105)92-49(3)76(103)93-55-16-10-50(11-17-55)46-115-80(107)97-28-30-98(31-29-97)81(108)117-56-22-25-83(7)53(41-56)14-18-61-70(83)74(101)75(102)85(9)59(23-26-86(61,85)109)52-13-21-68(100)114-47-52/h10-13,15-17,19-21,40,42-44,47-49,53,56,59,61,66,69-70,72-74,95,101,109H,14,18,22-39,41,45-46H2,1-9H3,(H,91,104)(H,92,105)(H,93,103)(H,94,106)(H,96,99)/t49-,53+,56-,59+,61+,66-,69-,70+,72-,73+,74-,83-,84-,85-,86-/m0/s1. The van der Waals surface area contributed by atoms with Crippen LogP contribution < -0.4 is 42.3 Å². The van der Waals surface area contributed by atoms with Gasteiger partial charge in [-0.05, 0) is 171 Å². The predicted octanol–water partition coefficient (Wildman–Crippen LogP) is 11.1. The number of nitrogens with zero attached hydrogens (tertiary/aromatic N) is 2. The molecule has 117 heavy (non-hydrogen) atoms. The minimum atomic E-state index is -1.36. The Morgan fingerprint density at radius 1 is 0.752 bits per heavy atom. The first-order valence-electron chi connectivity index (χ1n) is 40.4. The smallest absolute Gasteiger partial charge is 0.410 e. The van der Waals surface area contributed by atoms with Crippen molar-refractivity contribution in [1.82, 2.24) is 31.1 Å². The van der Waals surface area contributed by atoms with E-state index in [2.05, 4.69) is 38.8 Å². The molecule has 7 aliphatic rings. The number of piperazine rings is 1. The molecule has 3 aliphatic heterocycles. The lowest BCUT2D eigenvalue weighted by Gasteiger charge is -2.64. The molecule has 4 aromatic carbocycles. The van der Waals surface area contributed by atoms with Crippen LogP contribution in [-0.2, 0) is 64.4 Å². The molecule has 4 aliphatic carbocycles. The summed E-state index contributed by atoms with van der Waals surface area (Å²) in [5.74, 6) is -6.47. The third-order valence-corrected chi connectivity index (χ3v) is 25.9. The third kappa shape index (κ3) is 19.2. The number of Topliss-reactive ketones (excluding diaryl/α,β-unsaturated/α-hetero) is 1. The zero-order valence-electron chi connectivity index (χ0n) is 67.6. The Kier molecular flexibility index (Phi) is 27.7. The van der Waals surface area contributed by atoms with Crippen LogP contribution in [0.25, 0.3) is 0 Å². The Morgan fingerprint density at radius 3 is 2.09 bits per heavy atom. The molecule has 4 heterocycles. The van der Waals surface area contributed by atoms with Crippen molar-refractivity contribution in [3.8, 4) is 11.5 Å². The monoisotopic (exact) mass is 1660 g/mol. The maximum Gasteiger partial charge on any atom is 0.410 e. The van der Waals surface area contributed by atoms with Crippen molar-refractivity contribution in [3.63, 3.8) is 0 Å². The highest BCUT2D eigenvalue weighted by atomic mass is 35.5. The van der Waals surface area contributed by atoms with Gasteiger partial charge in [0.1, 0.15) is 48.3 Å². The Labute approximate surface area is 689 Å². The summed E-state index contributed by atoms with van der Waals surface area (Å²) < 4.78 is 78.2. The van der Waals surface area contributed by atoms with Gasteiger partial charge in [-0.25, -0.2) is 23.2 Å². The Bertz CT molecular complexity index is 4520. The van der Waals surface area contributed by atoms with E-state index in [1.807, 2.05) is 27.7 Å². The second-order valence-corrected chi connectivity index (χ2v) is 35.1. The molecule has 4 saturated carbocycles. The minimum Gasteiger partial charge on any atom is -0.455 e. The van der Waals surface area contributed by atoms with Gasteiger partial charge in [0.05, 0.1) is 86.9 Å². The summed E-state index contributed by atoms with van der Waals surface area (Å²) in [4.78, 5) is 124. The fourth-order valence-corrected chi connectivity index (χ4v) is 19.5. The second-order valence-electron chi connectivity index (χ2n) is 34.3. The lowest BCUT2D eigenvalue weighted by atomic mass is 9.42. The van der Waals surface area contributed by atoms with Gasteiger partial charge < -0.3 is 89.5 Å². The van der Waals surface area contributed by atoms with Crippen molar-refractivity contribution in [2.24, 2.45) is 39.9 Å². The van der Waals surface area contributed by atoms with Gasteiger partial charge in [-0.15, -0.1) is 0 Å². The van der Waals surface area contributed by atoms with Crippen molar-refractivity contribution >= 4 is 82.1 Å². The number of aliphatic hydroxyl groups excluding tert-OH is 1. The zero-order chi connectivity index (χ0) is 84.1. The van der Waals surface area contributed by atoms with Crippen LogP contribution in [-0.4, -0.2) is 195 Å². The van der Waals surface area contributed by atoms with Gasteiger partial charge in [-0.3, -0.25) is 28.8 Å².